The molecule has 0 unspecified atom stereocenters. The minimum absolute atomic E-state index is 0.245. The summed E-state index contributed by atoms with van der Waals surface area (Å²) in [7, 11) is 0. The van der Waals surface area contributed by atoms with E-state index in [0.29, 0.717) is 29.6 Å². The molecule has 1 fully saturated rings. The number of halogens is 1. The van der Waals surface area contributed by atoms with Crippen molar-refractivity contribution in [3.63, 3.8) is 0 Å². The number of nitrogens with one attached hydrogen (secondary N) is 1. The second kappa shape index (κ2) is 6.66. The number of ether oxygens (including phenoxy) is 1. The smallest absolute Gasteiger partial charge is 0.271 e. The maximum atomic E-state index is 12.3. The molecule has 0 aliphatic carbocycles. The van der Waals surface area contributed by atoms with Gasteiger partial charge >= 0.3 is 0 Å². The van der Waals surface area contributed by atoms with Crippen LogP contribution >= 0.6 is 11.6 Å². The average Bonchev–Trinajstić information content (AvgIpc) is 3.03. The molecule has 1 aliphatic rings. The van der Waals surface area contributed by atoms with Crippen LogP contribution in [0.4, 0.5) is 5.95 Å². The molecule has 0 bridgehead atoms. The van der Waals surface area contributed by atoms with Crippen LogP contribution in [-0.2, 0) is 4.74 Å². The zero-order valence-corrected chi connectivity index (χ0v) is 14.0. The molecule has 1 N–H and O–H groups in total. The lowest BCUT2D eigenvalue weighted by Crippen LogP contribution is -2.35. The Labute approximate surface area is 147 Å². The van der Waals surface area contributed by atoms with Crippen molar-refractivity contribution >= 4 is 29.7 Å². The van der Waals surface area contributed by atoms with Gasteiger partial charge in [-0.2, -0.15) is 4.98 Å². The molecule has 9 heteroatoms. The zero-order chi connectivity index (χ0) is 17.2. The van der Waals surface area contributed by atoms with Crippen molar-refractivity contribution in [3.8, 4) is 11.1 Å². The SMILES string of the molecule is O=c1[nH]c2nc(N=CN3CCOCC3)nn2cc1-c1ccc(Cl)cc1. The number of aromatic amines is 1. The summed E-state index contributed by atoms with van der Waals surface area (Å²) < 4.78 is 6.80. The topological polar surface area (TPSA) is 87.9 Å². The van der Waals surface area contributed by atoms with Gasteiger partial charge in [-0.3, -0.25) is 9.78 Å². The highest BCUT2D eigenvalue weighted by Gasteiger charge is 2.10. The van der Waals surface area contributed by atoms with Crippen molar-refractivity contribution in [2.75, 3.05) is 26.3 Å². The van der Waals surface area contributed by atoms with Gasteiger partial charge < -0.3 is 9.64 Å². The van der Waals surface area contributed by atoms with E-state index in [0.717, 1.165) is 18.7 Å². The normalized spacial score (nSPS) is 15.3. The Morgan fingerprint density at radius 3 is 2.76 bits per heavy atom. The molecule has 0 saturated carbocycles. The van der Waals surface area contributed by atoms with E-state index in [9.17, 15) is 4.79 Å². The van der Waals surface area contributed by atoms with Crippen LogP contribution in [0.25, 0.3) is 16.9 Å². The van der Waals surface area contributed by atoms with E-state index in [1.807, 2.05) is 4.90 Å². The van der Waals surface area contributed by atoms with Crippen LogP contribution < -0.4 is 5.56 Å². The molecule has 0 spiro atoms. The Kier molecular flexibility index (Phi) is 4.21. The number of aliphatic imine (C=N–C) groups is 1. The monoisotopic (exact) mass is 358 g/mol. The summed E-state index contributed by atoms with van der Waals surface area (Å²) in [5, 5.41) is 4.91. The second-order valence-electron chi connectivity index (χ2n) is 5.58. The van der Waals surface area contributed by atoms with Crippen LogP contribution in [0.5, 0.6) is 0 Å². The van der Waals surface area contributed by atoms with Gasteiger partial charge in [0.2, 0.25) is 5.78 Å². The van der Waals surface area contributed by atoms with E-state index in [2.05, 4.69) is 20.1 Å². The van der Waals surface area contributed by atoms with Crippen molar-refractivity contribution in [2.24, 2.45) is 4.99 Å². The fourth-order valence-corrected chi connectivity index (χ4v) is 2.68. The molecule has 128 valence electrons. The molecule has 25 heavy (non-hydrogen) atoms. The van der Waals surface area contributed by atoms with Gasteiger partial charge in [0.1, 0.15) is 0 Å². The van der Waals surface area contributed by atoms with Gasteiger partial charge in [-0.05, 0) is 17.7 Å². The number of hydrogen-bond donors (Lipinski definition) is 1. The molecule has 8 nitrogen and oxygen atoms in total. The van der Waals surface area contributed by atoms with Crippen molar-refractivity contribution < 1.29 is 4.74 Å². The van der Waals surface area contributed by atoms with Crippen LogP contribution in [0, 0.1) is 0 Å². The van der Waals surface area contributed by atoms with E-state index in [1.165, 1.54) is 4.52 Å². The third-order valence-corrected chi connectivity index (χ3v) is 4.13. The van der Waals surface area contributed by atoms with E-state index in [-0.39, 0.29) is 11.5 Å². The van der Waals surface area contributed by atoms with Crippen molar-refractivity contribution in [3.05, 3.63) is 45.8 Å². The Balaban J connectivity index is 1.65. The molecule has 0 amide bonds. The number of H-pyrrole nitrogens is 1. The molecule has 1 aromatic carbocycles. The van der Waals surface area contributed by atoms with Crippen LogP contribution in [0.3, 0.4) is 0 Å². The van der Waals surface area contributed by atoms with Gasteiger partial charge in [0.05, 0.1) is 25.1 Å². The highest BCUT2D eigenvalue weighted by molar-refractivity contribution is 6.30. The second-order valence-corrected chi connectivity index (χ2v) is 6.01. The van der Waals surface area contributed by atoms with Crippen LogP contribution in [0.1, 0.15) is 0 Å². The lowest BCUT2D eigenvalue weighted by atomic mass is 10.1. The maximum absolute atomic E-state index is 12.3. The Morgan fingerprint density at radius 1 is 1.24 bits per heavy atom. The van der Waals surface area contributed by atoms with Crippen molar-refractivity contribution in [1.29, 1.82) is 0 Å². The van der Waals surface area contributed by atoms with E-state index < -0.39 is 0 Å². The summed E-state index contributed by atoms with van der Waals surface area (Å²) in [6.07, 6.45) is 3.34. The first kappa shape index (κ1) is 15.8. The minimum atomic E-state index is -0.245. The number of benzene rings is 1. The third kappa shape index (κ3) is 3.40. The zero-order valence-electron chi connectivity index (χ0n) is 13.2. The Hall–Kier alpha value is -2.71. The summed E-state index contributed by atoms with van der Waals surface area (Å²) in [4.78, 5) is 25.6. The van der Waals surface area contributed by atoms with Crippen LogP contribution in [0.2, 0.25) is 5.02 Å². The summed E-state index contributed by atoms with van der Waals surface area (Å²) in [6.45, 7) is 2.94. The maximum Gasteiger partial charge on any atom is 0.271 e. The van der Waals surface area contributed by atoms with Crippen LogP contribution in [0.15, 0.2) is 40.2 Å². The minimum Gasteiger partial charge on any atom is -0.378 e. The molecule has 1 saturated heterocycles. The van der Waals surface area contributed by atoms with Gasteiger partial charge in [0, 0.05) is 24.3 Å². The van der Waals surface area contributed by atoms with Crippen molar-refractivity contribution in [2.45, 2.75) is 0 Å². The van der Waals surface area contributed by atoms with Gasteiger partial charge in [-0.25, -0.2) is 9.51 Å². The largest absolute Gasteiger partial charge is 0.378 e. The van der Waals surface area contributed by atoms with E-state index >= 15 is 0 Å². The molecule has 0 atom stereocenters. The highest BCUT2D eigenvalue weighted by atomic mass is 35.5. The summed E-state index contributed by atoms with van der Waals surface area (Å²) >= 11 is 5.89. The third-order valence-electron chi connectivity index (χ3n) is 3.88. The van der Waals surface area contributed by atoms with E-state index in [1.54, 1.807) is 36.8 Å². The molecule has 3 aromatic rings. The summed E-state index contributed by atoms with van der Waals surface area (Å²) in [5.41, 5.74) is 0.991. The number of rotatable bonds is 3. The van der Waals surface area contributed by atoms with Crippen LogP contribution in [-0.4, -0.2) is 57.1 Å². The lowest BCUT2D eigenvalue weighted by Gasteiger charge is -2.23. The first-order valence-electron chi connectivity index (χ1n) is 7.81. The first-order valence-corrected chi connectivity index (χ1v) is 8.18. The van der Waals surface area contributed by atoms with Gasteiger partial charge in [0.25, 0.3) is 11.5 Å². The standard InChI is InChI=1S/C16H15ClN6O2/c17-12-3-1-11(2-4-12)13-9-23-16(19-14(13)24)20-15(21-23)18-10-22-5-7-25-8-6-22/h1-4,9-10H,5-8H2,(H,19,20,21,24). The van der Waals surface area contributed by atoms with Gasteiger partial charge in [-0.15, -0.1) is 5.10 Å². The number of morpholine rings is 1. The summed E-state index contributed by atoms with van der Waals surface area (Å²) in [5.74, 6) is 0.632. The van der Waals surface area contributed by atoms with E-state index in [4.69, 9.17) is 16.3 Å². The highest BCUT2D eigenvalue weighted by Crippen LogP contribution is 2.18. The van der Waals surface area contributed by atoms with Crippen molar-refractivity contribution in [1.82, 2.24) is 24.5 Å². The summed E-state index contributed by atoms with van der Waals surface area (Å²) in [6, 6.07) is 7.04. The van der Waals surface area contributed by atoms with Gasteiger partial charge in [0.15, 0.2) is 0 Å². The molecule has 4 rings (SSSR count). The predicted octanol–water partition coefficient (Wildman–Crippen LogP) is 1.73. The number of fused-ring (bicyclic) bond motifs is 1. The fourth-order valence-electron chi connectivity index (χ4n) is 2.55. The molecule has 3 heterocycles. The number of nitrogens with zero attached hydrogens (tertiary/aromatic N) is 5. The number of hydrogen-bond acceptors (Lipinski definition) is 5. The first-order chi connectivity index (χ1) is 12.2. The molecule has 0 radical (unpaired) electrons. The predicted molar refractivity (Wildman–Crippen MR) is 94.6 cm³/mol. The number of aromatic nitrogens is 4. The quantitative estimate of drug-likeness (QED) is 0.569. The molecule has 1 aliphatic heterocycles. The Bertz CT molecular complexity index is 972. The fraction of sp³-hybridized carbons (Fsp3) is 0.250. The average molecular weight is 359 g/mol. The lowest BCUT2D eigenvalue weighted by molar-refractivity contribution is 0.0701. The molecular formula is C16H15ClN6O2. The molecule has 2 aromatic heterocycles. The van der Waals surface area contributed by atoms with Gasteiger partial charge in [-0.1, -0.05) is 23.7 Å². The molecular weight excluding hydrogens is 344 g/mol. The Morgan fingerprint density at radius 2 is 2.00 bits per heavy atom.